The SMILES string of the molecule is C[C@@]1(CO)CNC[C@H]1C(F)(F)F. The van der Waals surface area contributed by atoms with Gasteiger partial charge < -0.3 is 10.4 Å². The van der Waals surface area contributed by atoms with Crippen molar-refractivity contribution in [3.63, 3.8) is 0 Å². The highest BCUT2D eigenvalue weighted by atomic mass is 19.4. The van der Waals surface area contributed by atoms with E-state index in [1.807, 2.05) is 0 Å². The molecular formula is C7H12F3NO. The molecule has 2 N–H and O–H groups in total. The summed E-state index contributed by atoms with van der Waals surface area (Å²) in [6, 6.07) is 0. The van der Waals surface area contributed by atoms with Crippen molar-refractivity contribution < 1.29 is 18.3 Å². The molecule has 72 valence electrons. The molecule has 1 heterocycles. The Morgan fingerprint density at radius 1 is 1.58 bits per heavy atom. The van der Waals surface area contributed by atoms with Crippen LogP contribution in [0, 0.1) is 11.3 Å². The van der Waals surface area contributed by atoms with Gasteiger partial charge in [0.2, 0.25) is 0 Å². The molecule has 1 saturated heterocycles. The van der Waals surface area contributed by atoms with Crippen LogP contribution in [0.1, 0.15) is 6.92 Å². The zero-order valence-corrected chi connectivity index (χ0v) is 6.78. The maximum Gasteiger partial charge on any atom is 0.393 e. The molecule has 1 aliphatic heterocycles. The van der Waals surface area contributed by atoms with E-state index in [1.54, 1.807) is 0 Å². The van der Waals surface area contributed by atoms with Crippen LogP contribution >= 0.6 is 0 Å². The van der Waals surface area contributed by atoms with Crippen molar-refractivity contribution in [2.75, 3.05) is 19.7 Å². The highest BCUT2D eigenvalue weighted by Gasteiger charge is 2.53. The summed E-state index contributed by atoms with van der Waals surface area (Å²) in [5, 5.41) is 11.5. The third-order valence-electron chi connectivity index (χ3n) is 2.47. The first-order valence-corrected chi connectivity index (χ1v) is 3.78. The molecule has 1 fully saturated rings. The lowest BCUT2D eigenvalue weighted by Crippen LogP contribution is -2.39. The fraction of sp³-hybridized carbons (Fsp3) is 1.00. The van der Waals surface area contributed by atoms with Crippen molar-refractivity contribution in [3.05, 3.63) is 0 Å². The molecule has 12 heavy (non-hydrogen) atoms. The molecule has 0 saturated carbocycles. The topological polar surface area (TPSA) is 32.3 Å². The van der Waals surface area contributed by atoms with Gasteiger partial charge in [-0.1, -0.05) is 6.92 Å². The lowest BCUT2D eigenvalue weighted by molar-refractivity contribution is -0.197. The second kappa shape index (κ2) is 2.88. The predicted octanol–water partition coefficient (Wildman–Crippen LogP) is 0.767. The van der Waals surface area contributed by atoms with Crippen LogP contribution in [0.5, 0.6) is 0 Å². The summed E-state index contributed by atoms with van der Waals surface area (Å²) < 4.78 is 36.9. The van der Waals surface area contributed by atoms with E-state index in [0.29, 0.717) is 0 Å². The standard InChI is InChI=1S/C7H12F3NO/c1-6(4-12)3-11-2-5(6)7(8,9)10/h5,11-12H,2-4H2,1H3/t5-,6+/m1/s1. The summed E-state index contributed by atoms with van der Waals surface area (Å²) in [6.45, 7) is 1.17. The Morgan fingerprint density at radius 3 is 2.50 bits per heavy atom. The minimum Gasteiger partial charge on any atom is -0.396 e. The molecule has 2 atom stereocenters. The molecule has 0 aromatic heterocycles. The summed E-state index contributed by atoms with van der Waals surface area (Å²) in [5.74, 6) is -1.42. The minimum absolute atomic E-state index is 0.0828. The number of hydrogen-bond donors (Lipinski definition) is 2. The molecule has 0 aromatic carbocycles. The molecule has 0 radical (unpaired) electrons. The van der Waals surface area contributed by atoms with E-state index in [2.05, 4.69) is 5.32 Å². The zero-order valence-electron chi connectivity index (χ0n) is 6.78. The van der Waals surface area contributed by atoms with Crippen LogP contribution in [0.4, 0.5) is 13.2 Å². The first-order chi connectivity index (χ1) is 5.40. The van der Waals surface area contributed by atoms with Gasteiger partial charge in [0.1, 0.15) is 0 Å². The van der Waals surface area contributed by atoms with Crippen molar-refractivity contribution in [2.45, 2.75) is 13.1 Å². The van der Waals surface area contributed by atoms with Crippen molar-refractivity contribution in [2.24, 2.45) is 11.3 Å². The van der Waals surface area contributed by atoms with Gasteiger partial charge in [-0.3, -0.25) is 0 Å². The Labute approximate surface area is 68.8 Å². The fourth-order valence-corrected chi connectivity index (χ4v) is 1.55. The van der Waals surface area contributed by atoms with Gasteiger partial charge in [-0.05, 0) is 0 Å². The molecule has 0 unspecified atom stereocenters. The summed E-state index contributed by atoms with van der Waals surface area (Å²) in [7, 11) is 0. The van der Waals surface area contributed by atoms with E-state index in [0.717, 1.165) is 0 Å². The Bertz CT molecular complexity index is 171. The number of nitrogens with one attached hydrogen (secondary N) is 1. The van der Waals surface area contributed by atoms with Crippen LogP contribution < -0.4 is 5.32 Å². The quantitative estimate of drug-likeness (QED) is 0.629. The number of rotatable bonds is 1. The third kappa shape index (κ3) is 1.56. The number of halogens is 3. The zero-order chi connectivity index (χ0) is 9.41. The van der Waals surface area contributed by atoms with Gasteiger partial charge in [0.15, 0.2) is 0 Å². The maximum atomic E-state index is 12.3. The minimum atomic E-state index is -4.21. The van der Waals surface area contributed by atoms with Gasteiger partial charge in [0.05, 0.1) is 12.5 Å². The summed E-state index contributed by atoms with van der Waals surface area (Å²) in [5.41, 5.74) is -1.04. The molecule has 0 aliphatic carbocycles. The monoisotopic (exact) mass is 183 g/mol. The van der Waals surface area contributed by atoms with Crippen LogP contribution in [0.2, 0.25) is 0 Å². The van der Waals surface area contributed by atoms with Gasteiger partial charge in [-0.25, -0.2) is 0 Å². The number of hydrogen-bond acceptors (Lipinski definition) is 2. The van der Waals surface area contributed by atoms with Gasteiger partial charge in [-0.15, -0.1) is 0 Å². The van der Waals surface area contributed by atoms with E-state index in [4.69, 9.17) is 5.11 Å². The normalized spacial score (nSPS) is 37.2. The molecule has 0 aromatic rings. The molecule has 0 spiro atoms. The largest absolute Gasteiger partial charge is 0.396 e. The van der Waals surface area contributed by atoms with Crippen molar-refractivity contribution >= 4 is 0 Å². The highest BCUT2D eigenvalue weighted by molar-refractivity contribution is 4.94. The number of aliphatic hydroxyl groups excluding tert-OH is 1. The summed E-state index contributed by atoms with van der Waals surface area (Å²) in [6.07, 6.45) is -4.21. The molecule has 0 bridgehead atoms. The second-order valence-electron chi connectivity index (χ2n) is 3.54. The average molecular weight is 183 g/mol. The van der Waals surface area contributed by atoms with Gasteiger partial charge >= 0.3 is 6.18 Å². The lowest BCUT2D eigenvalue weighted by Gasteiger charge is -2.29. The van der Waals surface area contributed by atoms with E-state index in [9.17, 15) is 13.2 Å². The number of alkyl halides is 3. The van der Waals surface area contributed by atoms with E-state index in [-0.39, 0.29) is 13.1 Å². The van der Waals surface area contributed by atoms with Crippen LogP contribution in [-0.2, 0) is 0 Å². The Hall–Kier alpha value is -0.290. The van der Waals surface area contributed by atoms with Gasteiger partial charge in [0, 0.05) is 18.5 Å². The van der Waals surface area contributed by atoms with E-state index >= 15 is 0 Å². The smallest absolute Gasteiger partial charge is 0.393 e. The van der Waals surface area contributed by atoms with Crippen LogP contribution in [0.25, 0.3) is 0 Å². The molecule has 1 rings (SSSR count). The first-order valence-electron chi connectivity index (χ1n) is 3.78. The van der Waals surface area contributed by atoms with Crippen LogP contribution in [0.3, 0.4) is 0 Å². The van der Waals surface area contributed by atoms with E-state index < -0.39 is 24.1 Å². The highest BCUT2D eigenvalue weighted by Crippen LogP contribution is 2.41. The fourth-order valence-electron chi connectivity index (χ4n) is 1.55. The van der Waals surface area contributed by atoms with Crippen LogP contribution in [-0.4, -0.2) is 31.0 Å². The van der Waals surface area contributed by atoms with Crippen molar-refractivity contribution in [1.82, 2.24) is 5.32 Å². The van der Waals surface area contributed by atoms with Gasteiger partial charge in [-0.2, -0.15) is 13.2 Å². The van der Waals surface area contributed by atoms with Crippen molar-refractivity contribution in [3.8, 4) is 0 Å². The third-order valence-corrected chi connectivity index (χ3v) is 2.47. The van der Waals surface area contributed by atoms with Crippen LogP contribution in [0.15, 0.2) is 0 Å². The maximum absolute atomic E-state index is 12.3. The average Bonchev–Trinajstić information content (AvgIpc) is 2.31. The van der Waals surface area contributed by atoms with E-state index in [1.165, 1.54) is 6.92 Å². The first kappa shape index (κ1) is 9.80. The molecule has 5 heteroatoms. The predicted molar refractivity (Wildman–Crippen MR) is 37.6 cm³/mol. The molecule has 0 amide bonds. The summed E-state index contributed by atoms with van der Waals surface area (Å²) >= 11 is 0. The molecule has 2 nitrogen and oxygen atoms in total. The molecular weight excluding hydrogens is 171 g/mol. The Balaban J connectivity index is 2.77. The summed E-state index contributed by atoms with van der Waals surface area (Å²) in [4.78, 5) is 0. The Morgan fingerprint density at radius 2 is 2.17 bits per heavy atom. The second-order valence-corrected chi connectivity index (χ2v) is 3.54. The Kier molecular flexibility index (Phi) is 2.35. The van der Waals surface area contributed by atoms with Gasteiger partial charge in [0.25, 0.3) is 0 Å². The lowest BCUT2D eigenvalue weighted by atomic mass is 9.80. The van der Waals surface area contributed by atoms with Crippen molar-refractivity contribution in [1.29, 1.82) is 0 Å². The number of aliphatic hydroxyl groups is 1. The molecule has 1 aliphatic rings.